The molecule has 0 aliphatic carbocycles. The Morgan fingerprint density at radius 1 is 1.56 bits per heavy atom. The molecule has 0 aromatic carbocycles. The molecule has 0 radical (unpaired) electrons. The monoisotopic (exact) mass is 317 g/mol. The van der Waals surface area contributed by atoms with Gasteiger partial charge in [0.1, 0.15) is 6.61 Å². The van der Waals surface area contributed by atoms with E-state index >= 15 is 0 Å². The summed E-state index contributed by atoms with van der Waals surface area (Å²) in [6, 6.07) is 1.33. The minimum atomic E-state index is -4.30. The van der Waals surface area contributed by atoms with Gasteiger partial charge in [-0.15, -0.1) is 11.3 Å². The number of ether oxygens (including phenoxy) is 1. The normalized spacial score (nSPS) is 14.1. The Kier molecular flexibility index (Phi) is 4.78. The van der Waals surface area contributed by atoms with Crippen molar-refractivity contribution in [2.75, 3.05) is 13.2 Å². The van der Waals surface area contributed by atoms with Crippen LogP contribution in [0.15, 0.2) is 9.85 Å². The Hall–Kier alpha value is -0.110. The fraction of sp³-hybridized carbons (Fsp3) is 0.556. The minimum Gasteiger partial charge on any atom is -0.370 e. The highest BCUT2D eigenvalue weighted by Crippen LogP contribution is 2.30. The van der Waals surface area contributed by atoms with Crippen LogP contribution < -0.4 is 5.73 Å². The molecular formula is C9H11BrF3NOS. The van der Waals surface area contributed by atoms with Crippen LogP contribution in [0.2, 0.25) is 0 Å². The zero-order valence-corrected chi connectivity index (χ0v) is 10.9. The Morgan fingerprint density at radius 3 is 2.62 bits per heavy atom. The maximum atomic E-state index is 11.8. The van der Waals surface area contributed by atoms with Gasteiger partial charge in [-0.05, 0) is 34.5 Å². The van der Waals surface area contributed by atoms with Crippen molar-refractivity contribution in [2.45, 2.75) is 19.1 Å². The largest absolute Gasteiger partial charge is 0.411 e. The average molecular weight is 318 g/mol. The Morgan fingerprint density at radius 2 is 2.19 bits per heavy atom. The van der Waals surface area contributed by atoms with Crippen molar-refractivity contribution >= 4 is 27.3 Å². The molecule has 0 spiro atoms. The van der Waals surface area contributed by atoms with Crippen LogP contribution >= 0.6 is 27.3 Å². The van der Waals surface area contributed by atoms with E-state index in [4.69, 9.17) is 5.73 Å². The van der Waals surface area contributed by atoms with E-state index in [1.54, 1.807) is 0 Å². The third-order valence-corrected chi connectivity index (χ3v) is 4.07. The minimum absolute atomic E-state index is 0.133. The molecule has 0 amide bonds. The van der Waals surface area contributed by atoms with Gasteiger partial charge in [0.15, 0.2) is 0 Å². The van der Waals surface area contributed by atoms with E-state index in [2.05, 4.69) is 20.7 Å². The summed E-state index contributed by atoms with van der Waals surface area (Å²) in [5.74, 6) is 0. The van der Waals surface area contributed by atoms with Gasteiger partial charge < -0.3 is 10.5 Å². The quantitative estimate of drug-likeness (QED) is 0.923. The van der Waals surface area contributed by atoms with Crippen LogP contribution in [-0.4, -0.2) is 19.4 Å². The lowest BCUT2D eigenvalue weighted by Gasteiger charge is -2.11. The molecule has 7 heteroatoms. The van der Waals surface area contributed by atoms with Crippen LogP contribution in [-0.2, 0) is 4.74 Å². The second-order valence-electron chi connectivity index (χ2n) is 3.34. The van der Waals surface area contributed by atoms with E-state index in [0.29, 0.717) is 0 Å². The fourth-order valence-electron chi connectivity index (χ4n) is 1.05. The first-order chi connectivity index (χ1) is 7.29. The molecule has 1 heterocycles. The van der Waals surface area contributed by atoms with Gasteiger partial charge in [0.2, 0.25) is 0 Å². The number of thiophene rings is 1. The van der Waals surface area contributed by atoms with Crippen molar-refractivity contribution in [3.8, 4) is 0 Å². The summed E-state index contributed by atoms with van der Waals surface area (Å²) in [4.78, 5) is 0.812. The molecule has 16 heavy (non-hydrogen) atoms. The summed E-state index contributed by atoms with van der Waals surface area (Å²) < 4.78 is 40.9. The fourth-order valence-corrected chi connectivity index (χ4v) is 2.61. The van der Waals surface area contributed by atoms with Gasteiger partial charge in [-0.25, -0.2) is 0 Å². The van der Waals surface area contributed by atoms with Gasteiger partial charge in [0, 0.05) is 4.88 Å². The second-order valence-corrected chi connectivity index (χ2v) is 5.74. The van der Waals surface area contributed by atoms with E-state index in [1.807, 2.05) is 13.0 Å². The molecule has 1 aromatic heterocycles. The van der Waals surface area contributed by atoms with E-state index in [9.17, 15) is 13.2 Å². The first-order valence-corrected chi connectivity index (χ1v) is 6.06. The molecule has 92 valence electrons. The van der Waals surface area contributed by atoms with Crippen molar-refractivity contribution in [3.63, 3.8) is 0 Å². The van der Waals surface area contributed by atoms with Gasteiger partial charge in [-0.2, -0.15) is 13.2 Å². The number of rotatable bonds is 4. The van der Waals surface area contributed by atoms with Crippen molar-refractivity contribution in [1.29, 1.82) is 0 Å². The smallest absolute Gasteiger partial charge is 0.370 e. The van der Waals surface area contributed by atoms with Gasteiger partial charge in [0.25, 0.3) is 0 Å². The summed E-state index contributed by atoms with van der Waals surface area (Å²) >= 11 is 4.74. The predicted octanol–water partition coefficient (Wildman–Crippen LogP) is 3.40. The van der Waals surface area contributed by atoms with Crippen LogP contribution in [0.3, 0.4) is 0 Å². The average Bonchev–Trinajstić information content (AvgIpc) is 2.45. The summed E-state index contributed by atoms with van der Waals surface area (Å²) in [5, 5.41) is 0. The van der Waals surface area contributed by atoms with E-state index in [0.717, 1.165) is 14.2 Å². The molecule has 0 saturated heterocycles. The molecule has 1 atom stereocenters. The van der Waals surface area contributed by atoms with Crippen molar-refractivity contribution in [3.05, 3.63) is 20.3 Å². The van der Waals surface area contributed by atoms with Crippen LogP contribution in [0.5, 0.6) is 0 Å². The highest BCUT2D eigenvalue weighted by molar-refractivity contribution is 9.11. The third kappa shape index (κ3) is 4.40. The highest BCUT2D eigenvalue weighted by Gasteiger charge is 2.27. The highest BCUT2D eigenvalue weighted by atomic mass is 79.9. The maximum Gasteiger partial charge on any atom is 0.411 e. The molecule has 0 aliphatic rings. The lowest BCUT2D eigenvalue weighted by Crippen LogP contribution is -2.22. The Labute approximate surface area is 104 Å². The SMILES string of the molecule is Cc1cc(C(N)COCC(F)(F)F)sc1Br. The van der Waals surface area contributed by atoms with Crippen LogP contribution in [0.1, 0.15) is 16.5 Å². The lowest BCUT2D eigenvalue weighted by molar-refractivity contribution is -0.174. The molecule has 1 rings (SSSR count). The molecule has 0 fully saturated rings. The van der Waals surface area contributed by atoms with Gasteiger partial charge in [0.05, 0.1) is 16.4 Å². The summed E-state index contributed by atoms with van der Waals surface area (Å²) in [6.07, 6.45) is -4.30. The number of halogens is 4. The van der Waals surface area contributed by atoms with Gasteiger partial charge in [-0.3, -0.25) is 0 Å². The zero-order valence-electron chi connectivity index (χ0n) is 8.47. The predicted molar refractivity (Wildman–Crippen MR) is 60.6 cm³/mol. The number of hydrogen-bond donors (Lipinski definition) is 1. The number of hydrogen-bond acceptors (Lipinski definition) is 3. The first-order valence-electron chi connectivity index (χ1n) is 4.45. The van der Waals surface area contributed by atoms with E-state index < -0.39 is 18.8 Å². The Bertz CT molecular complexity index is 334. The zero-order chi connectivity index (χ0) is 12.3. The van der Waals surface area contributed by atoms with Crippen molar-refractivity contribution < 1.29 is 17.9 Å². The maximum absolute atomic E-state index is 11.8. The van der Waals surface area contributed by atoms with Crippen LogP contribution in [0.25, 0.3) is 0 Å². The van der Waals surface area contributed by atoms with Crippen LogP contribution in [0, 0.1) is 6.92 Å². The number of nitrogens with two attached hydrogens (primary N) is 1. The summed E-state index contributed by atoms with van der Waals surface area (Å²) in [5.41, 5.74) is 6.72. The van der Waals surface area contributed by atoms with E-state index in [-0.39, 0.29) is 6.61 Å². The first kappa shape index (κ1) is 14.0. The van der Waals surface area contributed by atoms with Crippen LogP contribution in [0.4, 0.5) is 13.2 Å². The van der Waals surface area contributed by atoms with Gasteiger partial charge in [-0.1, -0.05) is 0 Å². The molecular weight excluding hydrogens is 307 g/mol. The third-order valence-electron chi connectivity index (χ3n) is 1.80. The molecule has 0 bridgehead atoms. The molecule has 1 aromatic rings. The second kappa shape index (κ2) is 5.48. The molecule has 0 aliphatic heterocycles. The molecule has 2 N–H and O–H groups in total. The Balaban J connectivity index is 2.44. The number of alkyl halides is 3. The summed E-state index contributed by atoms with van der Waals surface area (Å²) in [7, 11) is 0. The molecule has 0 saturated carbocycles. The standard InChI is InChI=1S/C9H11BrF3NOS/c1-5-2-7(16-8(5)10)6(14)3-15-4-9(11,12)13/h2,6H,3-4,14H2,1H3. The lowest BCUT2D eigenvalue weighted by atomic mass is 10.2. The van der Waals surface area contributed by atoms with Gasteiger partial charge >= 0.3 is 6.18 Å². The van der Waals surface area contributed by atoms with Crippen molar-refractivity contribution in [2.24, 2.45) is 5.73 Å². The number of aryl methyl sites for hydroxylation is 1. The van der Waals surface area contributed by atoms with Crippen molar-refractivity contribution in [1.82, 2.24) is 0 Å². The molecule has 1 unspecified atom stereocenters. The van der Waals surface area contributed by atoms with E-state index in [1.165, 1.54) is 11.3 Å². The summed E-state index contributed by atoms with van der Waals surface area (Å²) in [6.45, 7) is 0.505. The molecule has 2 nitrogen and oxygen atoms in total. The topological polar surface area (TPSA) is 35.2 Å².